The van der Waals surface area contributed by atoms with Gasteiger partial charge < -0.3 is 9.84 Å². The number of anilines is 1. The first-order valence-electron chi connectivity index (χ1n) is 13.9. The second kappa shape index (κ2) is 13.1. The number of carbonyl (C=O) groups excluding carboxylic acids is 1. The van der Waals surface area contributed by atoms with Crippen molar-refractivity contribution in [1.82, 2.24) is 15.1 Å². The van der Waals surface area contributed by atoms with Gasteiger partial charge >= 0.3 is 12.1 Å². The second-order valence-corrected chi connectivity index (χ2v) is 12.2. The minimum Gasteiger partial charge on any atom is -0.492 e. The molecule has 2 heterocycles. The van der Waals surface area contributed by atoms with Gasteiger partial charge in [0.05, 0.1) is 16.1 Å². The van der Waals surface area contributed by atoms with Crippen molar-refractivity contribution in [3.8, 4) is 16.3 Å². The van der Waals surface area contributed by atoms with Crippen LogP contribution in [0.5, 0.6) is 5.75 Å². The van der Waals surface area contributed by atoms with Crippen molar-refractivity contribution >= 4 is 39.9 Å². The summed E-state index contributed by atoms with van der Waals surface area (Å²) in [5.41, 5.74) is -1.07. The molecule has 14 heteroatoms. The number of hydrogen-bond donors (Lipinski definition) is 1. The average Bonchev–Trinajstić information content (AvgIpc) is 3.65. The Morgan fingerprint density at radius 3 is 2.47 bits per heavy atom. The van der Waals surface area contributed by atoms with E-state index in [2.05, 4.69) is 15.1 Å². The number of aromatic nitrogens is 2. The van der Waals surface area contributed by atoms with Crippen LogP contribution in [0, 0.1) is 17.7 Å². The van der Waals surface area contributed by atoms with Crippen LogP contribution in [0.1, 0.15) is 48.0 Å². The summed E-state index contributed by atoms with van der Waals surface area (Å²) in [7, 11) is 0. The van der Waals surface area contributed by atoms with Gasteiger partial charge in [0.1, 0.15) is 23.2 Å². The highest BCUT2D eigenvalue weighted by Gasteiger charge is 2.36. The van der Waals surface area contributed by atoms with E-state index in [-0.39, 0.29) is 63.4 Å². The highest BCUT2D eigenvalue weighted by Crippen LogP contribution is 2.42. The number of piperidine rings is 1. The van der Waals surface area contributed by atoms with Crippen molar-refractivity contribution in [2.45, 2.75) is 38.3 Å². The molecule has 3 aromatic rings. The first-order chi connectivity index (χ1) is 20.5. The Bertz CT molecular complexity index is 1470. The van der Waals surface area contributed by atoms with Gasteiger partial charge in [-0.25, -0.2) is 4.39 Å². The van der Waals surface area contributed by atoms with Gasteiger partial charge in [-0.2, -0.15) is 13.2 Å². The molecule has 5 rings (SSSR count). The number of carbonyl (C=O) groups is 2. The molecule has 2 aliphatic rings. The number of aliphatic carboxylic acids is 1. The van der Waals surface area contributed by atoms with Gasteiger partial charge in [0.15, 0.2) is 0 Å². The molecule has 1 saturated carbocycles. The van der Waals surface area contributed by atoms with Crippen LogP contribution in [0.2, 0.25) is 5.02 Å². The largest absolute Gasteiger partial charge is 0.492 e. The summed E-state index contributed by atoms with van der Waals surface area (Å²) in [6.07, 6.45) is -1.26. The van der Waals surface area contributed by atoms with E-state index in [1.807, 2.05) is 0 Å². The molecule has 0 spiro atoms. The lowest BCUT2D eigenvalue weighted by Gasteiger charge is -2.31. The predicted octanol–water partition coefficient (Wildman–Crippen LogP) is 6.64. The van der Waals surface area contributed by atoms with E-state index < -0.39 is 29.4 Å². The van der Waals surface area contributed by atoms with Crippen molar-refractivity contribution in [3.05, 3.63) is 58.4 Å². The first-order valence-corrected chi connectivity index (χ1v) is 15.1. The van der Waals surface area contributed by atoms with Gasteiger partial charge in [0.25, 0.3) is 5.91 Å². The zero-order valence-electron chi connectivity index (χ0n) is 22.9. The van der Waals surface area contributed by atoms with E-state index in [9.17, 15) is 27.2 Å². The zero-order valence-corrected chi connectivity index (χ0v) is 24.5. The fourth-order valence-corrected chi connectivity index (χ4v) is 6.18. The van der Waals surface area contributed by atoms with Crippen LogP contribution in [0.3, 0.4) is 0 Å². The standard InChI is InChI=1S/C29H29ClF4N4O4S/c30-24-14-19(31)3-5-22(24)27(41)38(16-18-1-2-18)28-36-35-26(43-28)21-6-4-20(15-23(21)29(32,33)34)42-12-11-37-9-7-17(8-10-37)13-25(39)40/h3-6,14-15,17-18H,1-2,7-13,16H2,(H,39,40). The quantitative estimate of drug-likeness (QED) is 0.235. The SMILES string of the molecule is O=C(O)CC1CCN(CCOc2ccc(-c3nnc(N(CC4CC4)C(=O)c4ccc(F)cc4Cl)s3)c(C(F)(F)F)c2)CC1. The van der Waals surface area contributed by atoms with Gasteiger partial charge in [0.2, 0.25) is 5.13 Å². The lowest BCUT2D eigenvalue weighted by Crippen LogP contribution is -2.37. The van der Waals surface area contributed by atoms with Crippen molar-refractivity contribution in [2.75, 3.05) is 37.7 Å². The molecule has 230 valence electrons. The molecular formula is C29H29ClF4N4O4S. The number of ether oxygens (including phenoxy) is 1. The van der Waals surface area contributed by atoms with Gasteiger partial charge in [0, 0.05) is 25.1 Å². The Kier molecular flexibility index (Phi) is 9.52. The Morgan fingerprint density at radius 2 is 1.81 bits per heavy atom. The number of likely N-dealkylation sites (tertiary alicyclic amines) is 1. The summed E-state index contributed by atoms with van der Waals surface area (Å²) in [5.74, 6) is -1.54. The number of halogens is 5. The molecule has 0 unspecified atom stereocenters. The van der Waals surface area contributed by atoms with Crippen LogP contribution in [0.15, 0.2) is 36.4 Å². The minimum atomic E-state index is -4.71. The Morgan fingerprint density at radius 1 is 1.07 bits per heavy atom. The van der Waals surface area contributed by atoms with Crippen molar-refractivity contribution in [1.29, 1.82) is 0 Å². The third kappa shape index (κ3) is 8.01. The van der Waals surface area contributed by atoms with E-state index in [1.165, 1.54) is 23.1 Å². The maximum atomic E-state index is 14.2. The third-order valence-corrected chi connectivity index (χ3v) is 8.86. The monoisotopic (exact) mass is 640 g/mol. The zero-order chi connectivity index (χ0) is 30.7. The van der Waals surface area contributed by atoms with E-state index >= 15 is 0 Å². The summed E-state index contributed by atoms with van der Waals surface area (Å²) in [6, 6.07) is 7.06. The Labute approximate surface area is 254 Å². The number of amides is 1. The Hall–Kier alpha value is -3.29. The summed E-state index contributed by atoms with van der Waals surface area (Å²) in [6.45, 7) is 2.39. The van der Waals surface area contributed by atoms with E-state index in [1.54, 1.807) is 0 Å². The molecule has 1 saturated heterocycles. The third-order valence-electron chi connectivity index (χ3n) is 7.56. The normalized spacial score (nSPS) is 16.3. The molecule has 1 amide bonds. The highest BCUT2D eigenvalue weighted by atomic mass is 35.5. The Balaban J connectivity index is 1.30. The molecule has 0 bridgehead atoms. The smallest absolute Gasteiger partial charge is 0.417 e. The van der Waals surface area contributed by atoms with Crippen LogP contribution in [0.25, 0.3) is 10.6 Å². The van der Waals surface area contributed by atoms with E-state index in [0.29, 0.717) is 19.6 Å². The molecule has 1 N–H and O–H groups in total. The highest BCUT2D eigenvalue weighted by molar-refractivity contribution is 7.18. The van der Waals surface area contributed by atoms with Crippen molar-refractivity contribution < 1.29 is 37.0 Å². The lowest BCUT2D eigenvalue weighted by atomic mass is 9.94. The number of nitrogens with zero attached hydrogens (tertiary/aromatic N) is 4. The van der Waals surface area contributed by atoms with Crippen molar-refractivity contribution in [2.24, 2.45) is 11.8 Å². The van der Waals surface area contributed by atoms with Crippen molar-refractivity contribution in [3.63, 3.8) is 0 Å². The fourth-order valence-electron chi connectivity index (χ4n) is 5.04. The molecule has 1 aliphatic carbocycles. The number of benzene rings is 2. The van der Waals surface area contributed by atoms with Crippen LogP contribution >= 0.6 is 22.9 Å². The summed E-state index contributed by atoms with van der Waals surface area (Å²) in [4.78, 5) is 27.7. The average molecular weight is 641 g/mol. The molecule has 1 aliphatic heterocycles. The molecular weight excluding hydrogens is 612 g/mol. The van der Waals surface area contributed by atoms with Gasteiger partial charge in [-0.3, -0.25) is 19.4 Å². The number of carboxylic acids is 1. The molecule has 2 aromatic carbocycles. The van der Waals surface area contributed by atoms with Crippen LogP contribution in [-0.2, 0) is 11.0 Å². The van der Waals surface area contributed by atoms with E-state index in [4.69, 9.17) is 21.4 Å². The molecule has 0 atom stereocenters. The predicted molar refractivity (Wildman–Crippen MR) is 153 cm³/mol. The number of alkyl halides is 3. The molecule has 8 nitrogen and oxygen atoms in total. The fraction of sp³-hybridized carbons (Fsp3) is 0.448. The minimum absolute atomic E-state index is 0.0168. The summed E-state index contributed by atoms with van der Waals surface area (Å²) in [5, 5.41) is 17.0. The lowest BCUT2D eigenvalue weighted by molar-refractivity contribution is -0.138. The summed E-state index contributed by atoms with van der Waals surface area (Å²) < 4.78 is 61.7. The van der Waals surface area contributed by atoms with Crippen LogP contribution in [-0.4, -0.2) is 64.9 Å². The molecule has 2 fully saturated rings. The van der Waals surface area contributed by atoms with Crippen LogP contribution in [0.4, 0.5) is 22.7 Å². The molecule has 43 heavy (non-hydrogen) atoms. The second-order valence-electron chi connectivity index (χ2n) is 10.8. The first kappa shape index (κ1) is 31.1. The number of rotatable bonds is 11. The maximum Gasteiger partial charge on any atom is 0.417 e. The summed E-state index contributed by atoms with van der Waals surface area (Å²) >= 11 is 6.97. The van der Waals surface area contributed by atoms with Gasteiger partial charge in [-0.1, -0.05) is 22.9 Å². The molecule has 1 aromatic heterocycles. The number of hydrogen-bond acceptors (Lipinski definition) is 7. The number of carboxylic acid groups (broad SMARTS) is 1. The topological polar surface area (TPSA) is 95.9 Å². The maximum absolute atomic E-state index is 14.2. The molecule has 0 radical (unpaired) electrons. The van der Waals surface area contributed by atoms with Crippen LogP contribution < -0.4 is 9.64 Å². The van der Waals surface area contributed by atoms with Gasteiger partial charge in [-0.05, 0) is 87.0 Å². The van der Waals surface area contributed by atoms with Gasteiger partial charge in [-0.15, -0.1) is 10.2 Å². The van der Waals surface area contributed by atoms with E-state index in [0.717, 1.165) is 55.2 Å².